The van der Waals surface area contributed by atoms with Crippen LogP contribution in [0.15, 0.2) is 17.0 Å². The molecular weight excluding hydrogens is 308 g/mol. The SMILES string of the molecule is Cc1cc(C(=O)N(C)C(C)(C)C(=O)O)cc(S(N)(=O)=O)c1C. The lowest BCUT2D eigenvalue weighted by atomic mass is 10.0. The summed E-state index contributed by atoms with van der Waals surface area (Å²) in [6, 6.07) is 2.69. The summed E-state index contributed by atoms with van der Waals surface area (Å²) in [6.45, 7) is 6.01. The van der Waals surface area contributed by atoms with Crippen LogP contribution in [0.4, 0.5) is 0 Å². The van der Waals surface area contributed by atoms with Crippen molar-refractivity contribution in [2.75, 3.05) is 7.05 Å². The molecule has 0 spiro atoms. The van der Waals surface area contributed by atoms with Crippen molar-refractivity contribution in [1.82, 2.24) is 4.90 Å². The smallest absolute Gasteiger partial charge is 0.329 e. The highest BCUT2D eigenvalue weighted by Gasteiger charge is 2.36. The van der Waals surface area contributed by atoms with Crippen molar-refractivity contribution < 1.29 is 23.1 Å². The van der Waals surface area contributed by atoms with Gasteiger partial charge in [-0.05, 0) is 51.0 Å². The summed E-state index contributed by atoms with van der Waals surface area (Å²) < 4.78 is 23.2. The van der Waals surface area contributed by atoms with E-state index >= 15 is 0 Å². The molecule has 0 aliphatic rings. The number of primary sulfonamides is 1. The number of sulfonamides is 1. The summed E-state index contributed by atoms with van der Waals surface area (Å²) in [5.74, 6) is -1.76. The third-order valence-corrected chi connectivity index (χ3v) is 4.88. The molecule has 0 bridgehead atoms. The van der Waals surface area contributed by atoms with Gasteiger partial charge in [0.1, 0.15) is 5.54 Å². The Bertz CT molecular complexity index is 738. The first-order valence-electron chi connectivity index (χ1n) is 6.45. The molecule has 0 aliphatic heterocycles. The zero-order chi connectivity index (χ0) is 17.5. The fourth-order valence-corrected chi connectivity index (χ4v) is 2.72. The summed E-state index contributed by atoms with van der Waals surface area (Å²) in [5, 5.41) is 14.3. The topological polar surface area (TPSA) is 118 Å². The molecule has 22 heavy (non-hydrogen) atoms. The second-order valence-electron chi connectivity index (χ2n) is 5.69. The second kappa shape index (κ2) is 5.69. The predicted octanol–water partition coefficient (Wildman–Crippen LogP) is 0.886. The van der Waals surface area contributed by atoms with E-state index < -0.39 is 27.4 Å². The van der Waals surface area contributed by atoms with Crippen LogP contribution in [-0.2, 0) is 14.8 Å². The number of aryl methyl sites for hydroxylation is 1. The highest BCUT2D eigenvalue weighted by molar-refractivity contribution is 7.89. The minimum absolute atomic E-state index is 0.0731. The Hall–Kier alpha value is -1.93. The number of hydrogen-bond donors (Lipinski definition) is 2. The Balaban J connectivity index is 3.43. The van der Waals surface area contributed by atoms with Gasteiger partial charge < -0.3 is 10.0 Å². The van der Waals surface area contributed by atoms with E-state index in [2.05, 4.69) is 0 Å². The Morgan fingerprint density at radius 3 is 2.14 bits per heavy atom. The number of benzene rings is 1. The molecule has 1 rings (SSSR count). The van der Waals surface area contributed by atoms with Gasteiger partial charge in [-0.25, -0.2) is 18.4 Å². The second-order valence-corrected chi connectivity index (χ2v) is 7.22. The highest BCUT2D eigenvalue weighted by Crippen LogP contribution is 2.23. The van der Waals surface area contributed by atoms with Crippen LogP contribution in [0.2, 0.25) is 0 Å². The van der Waals surface area contributed by atoms with Crippen molar-refractivity contribution in [3.05, 3.63) is 28.8 Å². The maximum atomic E-state index is 12.5. The van der Waals surface area contributed by atoms with Crippen molar-refractivity contribution in [2.24, 2.45) is 5.14 Å². The molecule has 0 aromatic heterocycles. The van der Waals surface area contributed by atoms with Crippen LogP contribution in [0.25, 0.3) is 0 Å². The third-order valence-electron chi connectivity index (χ3n) is 3.84. The average molecular weight is 328 g/mol. The quantitative estimate of drug-likeness (QED) is 0.851. The van der Waals surface area contributed by atoms with Crippen LogP contribution in [0.5, 0.6) is 0 Å². The molecular formula is C14H20N2O5S. The molecule has 0 aliphatic carbocycles. The van der Waals surface area contributed by atoms with E-state index in [1.165, 1.54) is 33.0 Å². The van der Waals surface area contributed by atoms with Gasteiger partial charge in [-0.3, -0.25) is 4.79 Å². The Morgan fingerprint density at radius 2 is 1.73 bits per heavy atom. The van der Waals surface area contributed by atoms with Gasteiger partial charge >= 0.3 is 5.97 Å². The number of rotatable bonds is 4. The molecule has 7 nitrogen and oxygen atoms in total. The summed E-state index contributed by atoms with van der Waals surface area (Å²) in [4.78, 5) is 24.6. The largest absolute Gasteiger partial charge is 0.480 e. The van der Waals surface area contributed by atoms with Crippen LogP contribution >= 0.6 is 0 Å². The Morgan fingerprint density at radius 1 is 1.23 bits per heavy atom. The summed E-state index contributed by atoms with van der Waals surface area (Å²) in [6.07, 6.45) is 0. The molecule has 8 heteroatoms. The number of amides is 1. The third kappa shape index (κ3) is 3.28. The number of carboxylic acid groups (broad SMARTS) is 1. The summed E-state index contributed by atoms with van der Waals surface area (Å²) in [7, 11) is -2.63. The molecule has 0 saturated carbocycles. The van der Waals surface area contributed by atoms with E-state index in [-0.39, 0.29) is 10.5 Å². The number of carboxylic acids is 1. The number of hydrogen-bond acceptors (Lipinski definition) is 4. The van der Waals surface area contributed by atoms with E-state index in [0.29, 0.717) is 11.1 Å². The molecule has 3 N–H and O–H groups in total. The molecule has 0 unspecified atom stereocenters. The van der Waals surface area contributed by atoms with Gasteiger partial charge in [0.25, 0.3) is 5.91 Å². The fraction of sp³-hybridized carbons (Fsp3) is 0.429. The lowest BCUT2D eigenvalue weighted by Gasteiger charge is -2.31. The first kappa shape index (κ1) is 18.1. The van der Waals surface area contributed by atoms with Crippen molar-refractivity contribution in [1.29, 1.82) is 0 Å². The number of nitrogens with two attached hydrogens (primary N) is 1. The standard InChI is InChI=1S/C14H20N2O5S/c1-8-6-10(7-11(9(8)2)22(15,20)21)12(17)16(5)14(3,4)13(18)19/h6-7H,1-5H3,(H,18,19)(H2,15,20,21). The van der Waals surface area contributed by atoms with Crippen molar-refractivity contribution >= 4 is 21.9 Å². The van der Waals surface area contributed by atoms with Crippen LogP contribution < -0.4 is 5.14 Å². The molecule has 0 heterocycles. The number of carbonyl (C=O) groups is 2. The highest BCUT2D eigenvalue weighted by atomic mass is 32.2. The molecule has 1 aromatic rings. The molecule has 1 amide bonds. The average Bonchev–Trinajstić information content (AvgIpc) is 2.38. The molecule has 0 fully saturated rings. The van der Waals surface area contributed by atoms with Gasteiger partial charge in [-0.2, -0.15) is 0 Å². The van der Waals surface area contributed by atoms with Crippen LogP contribution in [0.1, 0.15) is 35.3 Å². The number of likely N-dealkylation sites (N-methyl/N-ethyl adjacent to an activating group) is 1. The Kier molecular flexibility index (Phi) is 4.69. The van der Waals surface area contributed by atoms with Gasteiger partial charge in [0.15, 0.2) is 0 Å². The first-order chi connectivity index (χ1) is 9.80. The zero-order valence-electron chi connectivity index (χ0n) is 13.2. The molecule has 0 atom stereocenters. The predicted molar refractivity (Wildman–Crippen MR) is 81.1 cm³/mol. The van der Waals surface area contributed by atoms with Crippen LogP contribution in [0.3, 0.4) is 0 Å². The van der Waals surface area contributed by atoms with Crippen molar-refractivity contribution in [3.63, 3.8) is 0 Å². The van der Waals surface area contributed by atoms with Crippen molar-refractivity contribution in [3.8, 4) is 0 Å². The van der Waals surface area contributed by atoms with Gasteiger partial charge in [0.05, 0.1) is 4.90 Å². The molecule has 122 valence electrons. The van der Waals surface area contributed by atoms with Gasteiger partial charge in [0, 0.05) is 12.6 Å². The fourth-order valence-electron chi connectivity index (χ4n) is 1.84. The summed E-state index contributed by atoms with van der Waals surface area (Å²) >= 11 is 0. The summed E-state index contributed by atoms with van der Waals surface area (Å²) in [5.41, 5.74) is -0.322. The lowest BCUT2D eigenvalue weighted by Crippen LogP contribution is -2.50. The minimum atomic E-state index is -3.98. The maximum Gasteiger partial charge on any atom is 0.329 e. The van der Waals surface area contributed by atoms with Crippen LogP contribution in [0, 0.1) is 13.8 Å². The molecule has 1 aromatic carbocycles. The zero-order valence-corrected chi connectivity index (χ0v) is 14.0. The number of nitrogens with zero attached hydrogens (tertiary/aromatic N) is 1. The lowest BCUT2D eigenvalue weighted by molar-refractivity contribution is -0.147. The van der Waals surface area contributed by atoms with Crippen molar-refractivity contribution in [2.45, 2.75) is 38.1 Å². The Labute approximate surface area is 129 Å². The van der Waals surface area contributed by atoms with Crippen LogP contribution in [-0.4, -0.2) is 42.9 Å². The minimum Gasteiger partial charge on any atom is -0.480 e. The molecule has 0 saturated heterocycles. The van der Waals surface area contributed by atoms with E-state index in [9.17, 15) is 23.1 Å². The number of carbonyl (C=O) groups excluding carboxylic acids is 1. The number of aliphatic carboxylic acids is 1. The van der Waals surface area contributed by atoms with E-state index in [4.69, 9.17) is 5.14 Å². The monoisotopic (exact) mass is 328 g/mol. The van der Waals surface area contributed by atoms with E-state index in [1.807, 2.05) is 0 Å². The normalized spacial score (nSPS) is 12.1. The maximum absolute atomic E-state index is 12.5. The van der Waals surface area contributed by atoms with Gasteiger partial charge in [-0.1, -0.05) is 0 Å². The first-order valence-corrected chi connectivity index (χ1v) is 8.00. The van der Waals surface area contributed by atoms with Gasteiger partial charge in [0.2, 0.25) is 10.0 Å². The van der Waals surface area contributed by atoms with Gasteiger partial charge in [-0.15, -0.1) is 0 Å². The molecule has 0 radical (unpaired) electrons. The van der Waals surface area contributed by atoms with E-state index in [1.54, 1.807) is 13.8 Å². The van der Waals surface area contributed by atoms with E-state index in [0.717, 1.165) is 4.90 Å².